The van der Waals surface area contributed by atoms with Crippen molar-refractivity contribution in [3.8, 4) is 22.9 Å². The minimum atomic E-state index is -0.895. The van der Waals surface area contributed by atoms with Gasteiger partial charge in [0.05, 0.1) is 19.9 Å². The molecule has 0 aliphatic heterocycles. The number of hydrogen-bond acceptors (Lipinski definition) is 6. The number of benzene rings is 3. The van der Waals surface area contributed by atoms with E-state index in [4.69, 9.17) is 14.0 Å². The number of carbonyl (C=O) groups excluding carboxylic acids is 1. The molecule has 0 aliphatic rings. The van der Waals surface area contributed by atoms with E-state index in [0.29, 0.717) is 29.5 Å². The number of methoxy groups -OCH3 is 2. The van der Waals surface area contributed by atoms with Gasteiger partial charge in [0.1, 0.15) is 17.7 Å². The molecule has 10 heteroatoms. The molecule has 0 aliphatic carbocycles. The highest BCUT2D eigenvalue weighted by Gasteiger charge is 2.23. The maximum atomic E-state index is 14.0. The molecule has 180 valence electrons. The lowest BCUT2D eigenvalue weighted by Gasteiger charge is -2.16. The van der Waals surface area contributed by atoms with Crippen molar-refractivity contribution < 1.29 is 27.6 Å². The van der Waals surface area contributed by atoms with Gasteiger partial charge >= 0.3 is 6.03 Å². The quantitative estimate of drug-likeness (QED) is 0.363. The number of urea groups is 1. The van der Waals surface area contributed by atoms with Gasteiger partial charge < -0.3 is 24.6 Å². The van der Waals surface area contributed by atoms with Crippen molar-refractivity contribution in [2.24, 2.45) is 0 Å². The van der Waals surface area contributed by atoms with Gasteiger partial charge in [-0.25, -0.2) is 13.6 Å². The number of amides is 2. The van der Waals surface area contributed by atoms with Crippen molar-refractivity contribution in [3.05, 3.63) is 89.8 Å². The van der Waals surface area contributed by atoms with E-state index in [0.717, 1.165) is 17.7 Å². The number of halogens is 2. The fraction of sp³-hybridized carbons (Fsp3) is 0.160. The summed E-state index contributed by atoms with van der Waals surface area (Å²) >= 11 is 0. The van der Waals surface area contributed by atoms with Crippen LogP contribution in [0.4, 0.5) is 19.3 Å². The van der Waals surface area contributed by atoms with Gasteiger partial charge in [0.25, 0.3) is 0 Å². The first-order valence-corrected chi connectivity index (χ1v) is 10.6. The summed E-state index contributed by atoms with van der Waals surface area (Å²) in [6.45, 7) is 0. The van der Waals surface area contributed by atoms with Gasteiger partial charge in [-0.05, 0) is 35.9 Å². The summed E-state index contributed by atoms with van der Waals surface area (Å²) in [5, 5.41) is 9.14. The Morgan fingerprint density at radius 1 is 1.00 bits per heavy atom. The summed E-state index contributed by atoms with van der Waals surface area (Å²) in [7, 11) is 3.05. The molecule has 8 nitrogen and oxygen atoms in total. The Balaban J connectivity index is 1.58. The monoisotopic (exact) mass is 480 g/mol. The lowest BCUT2D eigenvalue weighted by Crippen LogP contribution is -2.34. The number of nitrogens with zero attached hydrogens (tertiary/aromatic N) is 2. The predicted molar refractivity (Wildman–Crippen MR) is 124 cm³/mol. The highest BCUT2D eigenvalue weighted by molar-refractivity contribution is 5.89. The van der Waals surface area contributed by atoms with Crippen LogP contribution in [-0.4, -0.2) is 30.4 Å². The van der Waals surface area contributed by atoms with E-state index in [9.17, 15) is 13.6 Å². The number of aromatic nitrogens is 2. The average molecular weight is 480 g/mol. The van der Waals surface area contributed by atoms with Gasteiger partial charge in [-0.3, -0.25) is 0 Å². The molecule has 0 saturated carbocycles. The molecule has 0 bridgehead atoms. The third kappa shape index (κ3) is 5.72. The van der Waals surface area contributed by atoms with Crippen molar-refractivity contribution in [2.75, 3.05) is 19.5 Å². The van der Waals surface area contributed by atoms with E-state index in [-0.39, 0.29) is 17.4 Å². The number of anilines is 1. The Morgan fingerprint density at radius 2 is 1.77 bits per heavy atom. The van der Waals surface area contributed by atoms with Crippen LogP contribution in [0.5, 0.6) is 11.5 Å². The molecule has 0 spiro atoms. The van der Waals surface area contributed by atoms with Gasteiger partial charge in [-0.1, -0.05) is 35.5 Å². The van der Waals surface area contributed by atoms with Crippen LogP contribution in [0.15, 0.2) is 71.3 Å². The summed E-state index contributed by atoms with van der Waals surface area (Å²) in [5.74, 6) is -0.166. The van der Waals surface area contributed by atoms with Crippen molar-refractivity contribution in [1.82, 2.24) is 15.5 Å². The first kappa shape index (κ1) is 23.7. The van der Waals surface area contributed by atoms with E-state index in [1.807, 2.05) is 30.3 Å². The molecular weight excluding hydrogens is 458 g/mol. The van der Waals surface area contributed by atoms with E-state index in [1.165, 1.54) is 14.2 Å². The minimum absolute atomic E-state index is 0.147. The molecule has 1 aromatic heterocycles. The molecule has 0 radical (unpaired) electrons. The van der Waals surface area contributed by atoms with Crippen LogP contribution in [0.2, 0.25) is 0 Å². The van der Waals surface area contributed by atoms with E-state index in [2.05, 4.69) is 20.8 Å². The van der Waals surface area contributed by atoms with Crippen LogP contribution < -0.4 is 20.1 Å². The van der Waals surface area contributed by atoms with Crippen LogP contribution >= 0.6 is 0 Å². The summed E-state index contributed by atoms with van der Waals surface area (Å²) in [5.41, 5.74) is 1.35. The maximum absolute atomic E-state index is 14.0. The second kappa shape index (κ2) is 10.6. The van der Waals surface area contributed by atoms with Crippen LogP contribution in [0.3, 0.4) is 0 Å². The number of hydrogen-bond donors (Lipinski definition) is 2. The zero-order valence-electron chi connectivity index (χ0n) is 18.9. The molecular formula is C25H22F2N4O4. The second-order valence-electron chi connectivity index (χ2n) is 7.49. The van der Waals surface area contributed by atoms with Gasteiger partial charge in [0, 0.05) is 18.1 Å². The van der Waals surface area contributed by atoms with Crippen molar-refractivity contribution in [1.29, 1.82) is 0 Å². The summed E-state index contributed by atoms with van der Waals surface area (Å²) in [4.78, 5) is 17.1. The molecule has 4 aromatic rings. The van der Waals surface area contributed by atoms with Crippen molar-refractivity contribution in [3.63, 3.8) is 0 Å². The molecule has 35 heavy (non-hydrogen) atoms. The molecule has 1 heterocycles. The second-order valence-corrected chi connectivity index (χ2v) is 7.49. The summed E-state index contributed by atoms with van der Waals surface area (Å²) < 4.78 is 43.2. The molecule has 3 aromatic carbocycles. The topological polar surface area (TPSA) is 98.5 Å². The molecule has 2 N–H and O–H groups in total. The van der Waals surface area contributed by atoms with Crippen LogP contribution in [0, 0.1) is 11.6 Å². The average Bonchev–Trinajstić information content (AvgIpc) is 3.36. The largest absolute Gasteiger partial charge is 0.493 e. The first-order valence-electron chi connectivity index (χ1n) is 10.6. The van der Waals surface area contributed by atoms with E-state index < -0.39 is 23.7 Å². The number of rotatable bonds is 8. The van der Waals surface area contributed by atoms with Gasteiger partial charge in [0.2, 0.25) is 11.7 Å². The SMILES string of the molecule is COc1ccc(-c2noc([C@@H](Cc3ccccc3)NC(=O)Nc3ccc(F)cc3F)n2)cc1OC. The fourth-order valence-electron chi connectivity index (χ4n) is 3.43. The molecule has 1 atom stereocenters. The molecule has 0 fully saturated rings. The highest BCUT2D eigenvalue weighted by atomic mass is 19.1. The van der Waals surface area contributed by atoms with E-state index >= 15 is 0 Å². The highest BCUT2D eigenvalue weighted by Crippen LogP contribution is 2.31. The fourth-order valence-corrected chi connectivity index (χ4v) is 3.43. The summed E-state index contributed by atoms with van der Waals surface area (Å²) in [6, 6.07) is 16.0. The third-order valence-corrected chi connectivity index (χ3v) is 5.15. The van der Waals surface area contributed by atoms with Crippen LogP contribution in [0.1, 0.15) is 17.5 Å². The normalized spacial score (nSPS) is 11.5. The van der Waals surface area contributed by atoms with Gasteiger partial charge in [-0.2, -0.15) is 4.98 Å². The predicted octanol–water partition coefficient (Wildman–Crippen LogP) is 5.14. The van der Waals surface area contributed by atoms with Crippen LogP contribution in [0.25, 0.3) is 11.4 Å². The smallest absolute Gasteiger partial charge is 0.319 e. The lowest BCUT2D eigenvalue weighted by molar-refractivity contribution is 0.243. The minimum Gasteiger partial charge on any atom is -0.493 e. The van der Waals surface area contributed by atoms with Crippen molar-refractivity contribution >= 4 is 11.7 Å². The zero-order valence-corrected chi connectivity index (χ0v) is 18.9. The first-order chi connectivity index (χ1) is 17.0. The Morgan fingerprint density at radius 3 is 2.49 bits per heavy atom. The molecule has 0 saturated heterocycles. The van der Waals surface area contributed by atoms with Crippen LogP contribution in [-0.2, 0) is 6.42 Å². The third-order valence-electron chi connectivity index (χ3n) is 5.15. The Bertz CT molecular complexity index is 1310. The van der Waals surface area contributed by atoms with E-state index in [1.54, 1.807) is 18.2 Å². The number of ether oxygens (including phenoxy) is 2. The van der Waals surface area contributed by atoms with Gasteiger partial charge in [-0.15, -0.1) is 0 Å². The van der Waals surface area contributed by atoms with Gasteiger partial charge in [0.15, 0.2) is 11.5 Å². The molecule has 0 unspecified atom stereocenters. The lowest BCUT2D eigenvalue weighted by atomic mass is 10.1. The number of nitrogens with one attached hydrogen (secondary N) is 2. The number of carbonyl (C=O) groups is 1. The zero-order chi connectivity index (χ0) is 24.8. The maximum Gasteiger partial charge on any atom is 0.319 e. The Hall–Kier alpha value is -4.47. The molecule has 4 rings (SSSR count). The Labute approximate surface area is 199 Å². The molecule has 2 amide bonds. The summed E-state index contributed by atoms with van der Waals surface area (Å²) in [6.07, 6.45) is 0.327. The standard InChI is InChI=1S/C25H22F2N4O4/c1-33-21-11-8-16(13-22(21)34-2)23-30-24(35-31-23)20(12-15-6-4-3-5-7-15)29-25(32)28-19-10-9-17(26)14-18(19)27/h3-11,13-14,20H,12H2,1-2H3,(H2,28,29,32)/t20-/m1/s1. The van der Waals surface area contributed by atoms with Crippen molar-refractivity contribution in [2.45, 2.75) is 12.5 Å². The Kier molecular flexibility index (Phi) is 7.20.